The Balaban J connectivity index is 1.51. The molecule has 1 atom stereocenters. The molecule has 0 saturated heterocycles. The molecule has 0 aromatic heterocycles. The number of sulfonamides is 1. The van der Waals surface area contributed by atoms with E-state index in [1.165, 1.54) is 0 Å². The fraction of sp³-hybridized carbons (Fsp3) is 0.233. The number of hydrogen-bond donors (Lipinski definition) is 3. The molecule has 0 bridgehead atoms. The number of aliphatic carboxylic acids is 1. The summed E-state index contributed by atoms with van der Waals surface area (Å²) in [5.41, 5.74) is 3.73. The van der Waals surface area contributed by atoms with Crippen molar-refractivity contribution >= 4 is 27.4 Å². The van der Waals surface area contributed by atoms with Crippen LogP contribution < -0.4 is 25.6 Å². The number of ether oxygens (including phenoxy) is 1. The molecule has 0 aliphatic heterocycles. The minimum Gasteiger partial charge on any atom is -0.488 e. The van der Waals surface area contributed by atoms with Crippen LogP contribution in [0.15, 0.2) is 75.1 Å². The van der Waals surface area contributed by atoms with Crippen LogP contribution >= 0.6 is 0 Å². The second-order valence-electron chi connectivity index (χ2n) is 9.64. The van der Waals surface area contributed by atoms with Gasteiger partial charge in [0, 0.05) is 5.69 Å². The molecule has 0 amide bonds. The summed E-state index contributed by atoms with van der Waals surface area (Å²) < 4.78 is 33.9. The lowest BCUT2D eigenvalue weighted by atomic mass is 10.0. The Kier molecular flexibility index (Phi) is 8.22. The van der Waals surface area contributed by atoms with E-state index in [9.17, 15) is 27.9 Å². The highest BCUT2D eigenvalue weighted by Crippen LogP contribution is 2.28. The molecule has 0 saturated carbocycles. The Bertz CT molecular complexity index is 1730. The first-order chi connectivity index (χ1) is 18.9. The fourth-order valence-corrected chi connectivity index (χ4v) is 6.41. The first-order valence-electron chi connectivity index (χ1n) is 12.7. The molecule has 4 rings (SSSR count). The van der Waals surface area contributed by atoms with Gasteiger partial charge in [0.15, 0.2) is 5.75 Å². The van der Waals surface area contributed by atoms with Crippen molar-refractivity contribution in [1.82, 2.24) is 4.72 Å². The fourth-order valence-electron chi connectivity index (χ4n) is 4.77. The smallest absolute Gasteiger partial charge is 0.322 e. The molecule has 0 heterocycles. The Labute approximate surface area is 232 Å². The standard InChI is InChI=1S/C30H30N2O7S/c1-5-39-28-25(26(33)27(28)34)31-23-8-6-7-22(16-23)21-11-9-20(10-12-21)15-24(30(35)36)32-40(37,38)29-18(3)13-17(2)14-19(29)4/h6-14,16,24,31-32H,5,15H2,1-4H3,(H,35,36)/t24-/m0/s1. The van der Waals surface area contributed by atoms with E-state index in [-0.39, 0.29) is 29.4 Å². The number of rotatable bonds is 11. The normalized spacial score (nSPS) is 12.3. The van der Waals surface area contributed by atoms with Crippen molar-refractivity contribution in [1.29, 1.82) is 0 Å². The average molecular weight is 563 g/mol. The molecule has 9 nitrogen and oxygen atoms in total. The van der Waals surface area contributed by atoms with Crippen LogP contribution in [-0.4, -0.2) is 32.1 Å². The van der Waals surface area contributed by atoms with Crippen molar-refractivity contribution in [2.24, 2.45) is 0 Å². The number of carboxylic acids is 1. The average Bonchev–Trinajstić information content (AvgIpc) is 2.89. The molecule has 4 aromatic carbocycles. The highest BCUT2D eigenvalue weighted by Gasteiger charge is 2.28. The molecule has 0 radical (unpaired) electrons. The number of nitrogens with one attached hydrogen (secondary N) is 2. The first kappa shape index (κ1) is 28.7. The summed E-state index contributed by atoms with van der Waals surface area (Å²) in [6, 6.07) is 16.5. The van der Waals surface area contributed by atoms with Gasteiger partial charge in [-0.25, -0.2) is 8.42 Å². The largest absolute Gasteiger partial charge is 0.488 e. The lowest BCUT2D eigenvalue weighted by molar-refractivity contribution is -0.138. The summed E-state index contributed by atoms with van der Waals surface area (Å²) >= 11 is 0. The Morgan fingerprint density at radius 2 is 1.57 bits per heavy atom. The maximum atomic E-state index is 13.1. The summed E-state index contributed by atoms with van der Waals surface area (Å²) in [7, 11) is -4.08. The van der Waals surface area contributed by atoms with Crippen molar-refractivity contribution in [3.63, 3.8) is 0 Å². The van der Waals surface area contributed by atoms with Crippen LogP contribution in [-0.2, 0) is 21.2 Å². The van der Waals surface area contributed by atoms with Gasteiger partial charge in [-0.1, -0.05) is 54.1 Å². The van der Waals surface area contributed by atoms with Gasteiger partial charge in [-0.15, -0.1) is 0 Å². The maximum Gasteiger partial charge on any atom is 0.322 e. The summed E-state index contributed by atoms with van der Waals surface area (Å²) in [5, 5.41) is 12.7. The van der Waals surface area contributed by atoms with Gasteiger partial charge in [0.25, 0.3) is 10.9 Å². The minimum absolute atomic E-state index is 0.0264. The van der Waals surface area contributed by atoms with Gasteiger partial charge in [-0.05, 0) is 74.1 Å². The van der Waals surface area contributed by atoms with E-state index in [1.54, 1.807) is 69.3 Å². The molecular formula is C30H30N2O7S. The zero-order valence-corrected chi connectivity index (χ0v) is 23.4. The molecule has 0 fully saturated rings. The Hall–Kier alpha value is -4.28. The highest BCUT2D eigenvalue weighted by molar-refractivity contribution is 7.89. The van der Waals surface area contributed by atoms with Crippen LogP contribution in [0.2, 0.25) is 0 Å². The van der Waals surface area contributed by atoms with Gasteiger partial charge >= 0.3 is 5.97 Å². The van der Waals surface area contributed by atoms with Crippen LogP contribution in [0.4, 0.5) is 11.4 Å². The third kappa shape index (κ3) is 5.98. The second kappa shape index (κ2) is 11.4. The molecule has 40 heavy (non-hydrogen) atoms. The van der Waals surface area contributed by atoms with E-state index in [0.717, 1.165) is 16.7 Å². The Morgan fingerprint density at radius 1 is 0.925 bits per heavy atom. The van der Waals surface area contributed by atoms with Gasteiger partial charge in [0.2, 0.25) is 10.0 Å². The molecule has 0 aliphatic carbocycles. The molecule has 3 N–H and O–H groups in total. The monoisotopic (exact) mass is 562 g/mol. The maximum absolute atomic E-state index is 13.1. The topological polar surface area (TPSA) is 139 Å². The number of aryl methyl sites for hydroxylation is 3. The molecule has 0 spiro atoms. The van der Waals surface area contributed by atoms with Crippen molar-refractivity contribution in [3.8, 4) is 16.9 Å². The van der Waals surface area contributed by atoms with Crippen molar-refractivity contribution in [3.05, 3.63) is 103 Å². The first-order valence-corrected chi connectivity index (χ1v) is 14.1. The summed E-state index contributed by atoms with van der Waals surface area (Å²) in [6.45, 7) is 7.23. The van der Waals surface area contributed by atoms with E-state index in [1.807, 2.05) is 19.1 Å². The van der Waals surface area contributed by atoms with Crippen molar-refractivity contribution in [2.45, 2.75) is 45.1 Å². The predicted octanol–water partition coefficient (Wildman–Crippen LogP) is 3.99. The lowest BCUT2D eigenvalue weighted by Gasteiger charge is -2.18. The van der Waals surface area contributed by atoms with Gasteiger partial charge in [0.05, 0.1) is 11.5 Å². The zero-order chi connectivity index (χ0) is 29.2. The van der Waals surface area contributed by atoms with Crippen LogP contribution in [0.3, 0.4) is 0 Å². The molecule has 0 aliphatic rings. The number of hydrogen-bond acceptors (Lipinski definition) is 7. The SMILES string of the molecule is CCOc1c(Nc2cccc(-c3ccc(C[C@H](NS(=O)(=O)c4c(C)cc(C)cc4C)C(=O)O)cc3)c2)c(=O)c1=O. The summed E-state index contributed by atoms with van der Waals surface area (Å²) in [4.78, 5) is 35.8. The van der Waals surface area contributed by atoms with Crippen LogP contribution in [0.5, 0.6) is 5.75 Å². The van der Waals surface area contributed by atoms with Crippen LogP contribution in [0.1, 0.15) is 29.2 Å². The van der Waals surface area contributed by atoms with Gasteiger partial charge in [-0.3, -0.25) is 14.4 Å². The molecule has 4 aromatic rings. The van der Waals surface area contributed by atoms with Gasteiger partial charge in [-0.2, -0.15) is 4.72 Å². The minimum atomic E-state index is -4.08. The number of carbonyl (C=O) groups is 1. The van der Waals surface area contributed by atoms with E-state index in [4.69, 9.17) is 4.74 Å². The van der Waals surface area contributed by atoms with Gasteiger partial charge in [0.1, 0.15) is 11.7 Å². The highest BCUT2D eigenvalue weighted by atomic mass is 32.2. The molecule has 0 unspecified atom stereocenters. The quantitative estimate of drug-likeness (QED) is 0.233. The van der Waals surface area contributed by atoms with Gasteiger partial charge < -0.3 is 15.2 Å². The van der Waals surface area contributed by atoms with Crippen LogP contribution in [0.25, 0.3) is 11.1 Å². The Morgan fingerprint density at radius 3 is 2.17 bits per heavy atom. The number of carboxylic acid groups (broad SMARTS) is 1. The van der Waals surface area contributed by atoms with E-state index >= 15 is 0 Å². The number of benzene rings is 3. The van der Waals surface area contributed by atoms with Crippen molar-refractivity contribution in [2.75, 3.05) is 11.9 Å². The zero-order valence-electron chi connectivity index (χ0n) is 22.6. The molecular weight excluding hydrogens is 532 g/mol. The molecule has 208 valence electrons. The second-order valence-corrected chi connectivity index (χ2v) is 11.3. The summed E-state index contributed by atoms with van der Waals surface area (Å²) in [5.74, 6) is -1.25. The summed E-state index contributed by atoms with van der Waals surface area (Å²) in [6.07, 6.45) is -0.0507. The number of anilines is 2. The molecule has 10 heteroatoms. The van der Waals surface area contributed by atoms with E-state index in [0.29, 0.717) is 22.4 Å². The predicted molar refractivity (Wildman–Crippen MR) is 154 cm³/mol. The van der Waals surface area contributed by atoms with E-state index in [2.05, 4.69) is 10.0 Å². The van der Waals surface area contributed by atoms with E-state index < -0.39 is 32.9 Å². The third-order valence-corrected chi connectivity index (χ3v) is 8.26. The van der Waals surface area contributed by atoms with Crippen LogP contribution in [0, 0.1) is 20.8 Å². The third-order valence-electron chi connectivity index (χ3n) is 6.48. The lowest BCUT2D eigenvalue weighted by Crippen LogP contribution is -2.42. The van der Waals surface area contributed by atoms with Crippen molar-refractivity contribution < 1.29 is 23.1 Å².